The molecule has 1 heterocycles. The van der Waals surface area contributed by atoms with Crippen molar-refractivity contribution in [3.63, 3.8) is 0 Å². The van der Waals surface area contributed by atoms with Crippen molar-refractivity contribution >= 4 is 5.69 Å². The number of likely N-dealkylation sites (N-methyl/N-ethyl adjacent to an activating group) is 1. The second-order valence-corrected chi connectivity index (χ2v) is 6.28. The molecule has 1 fully saturated rings. The van der Waals surface area contributed by atoms with Crippen molar-refractivity contribution in [3.8, 4) is 6.07 Å². The number of ether oxygens (including phenoxy) is 1. The minimum atomic E-state index is -4.44. The van der Waals surface area contributed by atoms with E-state index in [2.05, 4.69) is 4.90 Å². The number of benzene rings is 1. The van der Waals surface area contributed by atoms with Crippen LogP contribution in [-0.4, -0.2) is 50.3 Å². The van der Waals surface area contributed by atoms with Gasteiger partial charge in [0.1, 0.15) is 0 Å². The Bertz CT molecular complexity index is 602. The SMILES string of the molecule is C[C@@H]1CN(CCN(C)c2cc(C#N)ccc2C(F)(F)F)C[C@H](C)O1. The fourth-order valence-corrected chi connectivity index (χ4v) is 3.04. The predicted molar refractivity (Wildman–Crippen MR) is 85.9 cm³/mol. The fourth-order valence-electron chi connectivity index (χ4n) is 3.04. The summed E-state index contributed by atoms with van der Waals surface area (Å²) in [5.74, 6) is 0. The van der Waals surface area contributed by atoms with Crippen LogP contribution in [0.3, 0.4) is 0 Å². The number of hydrogen-bond donors (Lipinski definition) is 0. The molecule has 2 rings (SSSR count). The Hall–Kier alpha value is -1.78. The van der Waals surface area contributed by atoms with E-state index in [-0.39, 0.29) is 23.5 Å². The van der Waals surface area contributed by atoms with Crippen molar-refractivity contribution in [1.82, 2.24) is 4.90 Å². The molecule has 0 aromatic heterocycles. The van der Waals surface area contributed by atoms with E-state index in [1.165, 1.54) is 12.1 Å². The van der Waals surface area contributed by atoms with E-state index in [1.807, 2.05) is 19.9 Å². The lowest BCUT2D eigenvalue weighted by Gasteiger charge is -2.36. The number of hydrogen-bond acceptors (Lipinski definition) is 4. The zero-order valence-corrected chi connectivity index (χ0v) is 14.1. The smallest absolute Gasteiger partial charge is 0.373 e. The monoisotopic (exact) mass is 341 g/mol. The average molecular weight is 341 g/mol. The minimum absolute atomic E-state index is 0.0379. The predicted octanol–water partition coefficient (Wildman–Crippen LogP) is 3.12. The van der Waals surface area contributed by atoms with Gasteiger partial charge in [-0.25, -0.2) is 0 Å². The van der Waals surface area contributed by atoms with Crippen LogP contribution in [-0.2, 0) is 10.9 Å². The molecule has 0 spiro atoms. The van der Waals surface area contributed by atoms with E-state index in [1.54, 1.807) is 11.9 Å². The van der Waals surface area contributed by atoms with Gasteiger partial charge in [-0.15, -0.1) is 0 Å². The van der Waals surface area contributed by atoms with E-state index in [0.717, 1.165) is 19.2 Å². The van der Waals surface area contributed by atoms with Gasteiger partial charge in [0, 0.05) is 33.2 Å². The largest absolute Gasteiger partial charge is 0.418 e. The molecule has 0 N–H and O–H groups in total. The molecule has 4 nitrogen and oxygen atoms in total. The van der Waals surface area contributed by atoms with Gasteiger partial charge in [-0.2, -0.15) is 18.4 Å². The summed E-state index contributed by atoms with van der Waals surface area (Å²) in [5, 5.41) is 8.96. The maximum absolute atomic E-state index is 13.2. The lowest BCUT2D eigenvalue weighted by molar-refractivity contribution is -0.137. The van der Waals surface area contributed by atoms with Crippen LogP contribution in [0.25, 0.3) is 0 Å². The van der Waals surface area contributed by atoms with Crippen molar-refractivity contribution in [2.24, 2.45) is 0 Å². The quantitative estimate of drug-likeness (QED) is 0.844. The van der Waals surface area contributed by atoms with Gasteiger partial charge in [-0.1, -0.05) is 0 Å². The summed E-state index contributed by atoms with van der Waals surface area (Å²) in [4.78, 5) is 3.76. The Morgan fingerprint density at radius 1 is 1.29 bits per heavy atom. The molecule has 7 heteroatoms. The Balaban J connectivity index is 2.11. The van der Waals surface area contributed by atoms with E-state index in [0.29, 0.717) is 13.1 Å². The van der Waals surface area contributed by atoms with E-state index in [4.69, 9.17) is 10.00 Å². The van der Waals surface area contributed by atoms with Gasteiger partial charge >= 0.3 is 6.18 Å². The summed E-state index contributed by atoms with van der Waals surface area (Å²) < 4.78 is 45.3. The molecule has 0 bridgehead atoms. The highest BCUT2D eigenvalue weighted by atomic mass is 19.4. The Morgan fingerprint density at radius 2 is 1.92 bits per heavy atom. The molecule has 0 radical (unpaired) electrons. The van der Waals surface area contributed by atoms with Crippen LogP contribution in [0.4, 0.5) is 18.9 Å². The standard InChI is InChI=1S/C17H22F3N3O/c1-12-10-23(11-13(2)24-12)7-6-22(3)16-8-14(9-21)4-5-15(16)17(18,19)20/h4-5,8,12-13H,6-7,10-11H2,1-3H3/t12-,13+. The zero-order valence-electron chi connectivity index (χ0n) is 14.1. The second-order valence-electron chi connectivity index (χ2n) is 6.28. The first kappa shape index (κ1) is 18.6. The normalized spacial score (nSPS) is 22.2. The van der Waals surface area contributed by atoms with E-state index < -0.39 is 11.7 Å². The van der Waals surface area contributed by atoms with Crippen LogP contribution < -0.4 is 4.90 Å². The first-order chi connectivity index (χ1) is 11.2. The summed E-state index contributed by atoms with van der Waals surface area (Å²) in [6.07, 6.45) is -4.21. The number of rotatable bonds is 4. The van der Waals surface area contributed by atoms with Gasteiger partial charge in [0.25, 0.3) is 0 Å². The molecule has 24 heavy (non-hydrogen) atoms. The van der Waals surface area contributed by atoms with Crippen molar-refractivity contribution in [1.29, 1.82) is 5.26 Å². The van der Waals surface area contributed by atoms with Crippen LogP contribution in [0.2, 0.25) is 0 Å². The Morgan fingerprint density at radius 3 is 2.46 bits per heavy atom. The maximum Gasteiger partial charge on any atom is 0.418 e. The Kier molecular flexibility index (Phi) is 5.73. The average Bonchev–Trinajstić information content (AvgIpc) is 2.50. The highest BCUT2D eigenvalue weighted by molar-refractivity contribution is 5.58. The second kappa shape index (κ2) is 7.41. The third-order valence-electron chi connectivity index (χ3n) is 4.09. The van der Waals surface area contributed by atoms with Crippen molar-refractivity contribution in [2.45, 2.75) is 32.2 Å². The molecule has 1 aliphatic heterocycles. The molecule has 0 amide bonds. The zero-order chi connectivity index (χ0) is 17.9. The van der Waals surface area contributed by atoms with Crippen LogP contribution >= 0.6 is 0 Å². The van der Waals surface area contributed by atoms with Gasteiger partial charge in [0.15, 0.2) is 0 Å². The summed E-state index contributed by atoms with van der Waals surface area (Å²) in [5.41, 5.74) is -0.456. The summed E-state index contributed by atoms with van der Waals surface area (Å²) in [7, 11) is 1.62. The summed E-state index contributed by atoms with van der Waals surface area (Å²) >= 11 is 0. The molecule has 0 saturated carbocycles. The van der Waals surface area contributed by atoms with Crippen LogP contribution in [0.1, 0.15) is 25.0 Å². The summed E-state index contributed by atoms with van der Waals surface area (Å²) in [6, 6.07) is 5.37. The van der Waals surface area contributed by atoms with Crippen LogP contribution in [0, 0.1) is 11.3 Å². The van der Waals surface area contributed by atoms with Gasteiger partial charge in [-0.3, -0.25) is 4.90 Å². The van der Waals surface area contributed by atoms with Gasteiger partial charge < -0.3 is 9.64 Å². The first-order valence-corrected chi connectivity index (χ1v) is 7.91. The topological polar surface area (TPSA) is 39.5 Å². The molecule has 1 saturated heterocycles. The lowest BCUT2D eigenvalue weighted by atomic mass is 10.1. The minimum Gasteiger partial charge on any atom is -0.373 e. The van der Waals surface area contributed by atoms with E-state index >= 15 is 0 Å². The molecule has 1 aromatic rings. The lowest BCUT2D eigenvalue weighted by Crippen LogP contribution is -2.47. The molecule has 0 unspecified atom stereocenters. The fraction of sp³-hybridized carbons (Fsp3) is 0.588. The van der Waals surface area contributed by atoms with Gasteiger partial charge in [0.2, 0.25) is 0 Å². The number of halogens is 3. The van der Waals surface area contributed by atoms with Gasteiger partial charge in [-0.05, 0) is 32.0 Å². The van der Waals surface area contributed by atoms with Crippen molar-refractivity contribution < 1.29 is 17.9 Å². The highest BCUT2D eigenvalue weighted by Gasteiger charge is 2.34. The number of morpholine rings is 1. The molecule has 1 aromatic carbocycles. The first-order valence-electron chi connectivity index (χ1n) is 7.91. The van der Waals surface area contributed by atoms with E-state index in [9.17, 15) is 13.2 Å². The molecule has 132 valence electrons. The highest BCUT2D eigenvalue weighted by Crippen LogP contribution is 2.36. The Labute approximate surface area is 140 Å². The molecule has 0 aliphatic carbocycles. The molecule has 2 atom stereocenters. The summed E-state index contributed by atoms with van der Waals surface area (Å²) in [6.45, 7) is 6.60. The van der Waals surface area contributed by atoms with Crippen molar-refractivity contribution in [2.75, 3.05) is 38.1 Å². The van der Waals surface area contributed by atoms with Crippen LogP contribution in [0.5, 0.6) is 0 Å². The maximum atomic E-state index is 13.2. The van der Waals surface area contributed by atoms with Gasteiger partial charge in [0.05, 0.1) is 35.1 Å². The van der Waals surface area contributed by atoms with Crippen LogP contribution in [0.15, 0.2) is 18.2 Å². The molecular weight excluding hydrogens is 319 g/mol. The molecular formula is C17H22F3N3O. The number of nitrogens with zero attached hydrogens (tertiary/aromatic N) is 3. The third-order valence-corrected chi connectivity index (χ3v) is 4.09. The third kappa shape index (κ3) is 4.62. The number of nitriles is 1. The number of anilines is 1. The number of alkyl halides is 3. The molecule has 1 aliphatic rings. The van der Waals surface area contributed by atoms with Crippen molar-refractivity contribution in [3.05, 3.63) is 29.3 Å².